The lowest BCUT2D eigenvalue weighted by atomic mass is 9.87. The fraction of sp³-hybridized carbons (Fsp3) is 0.316. The Morgan fingerprint density at radius 1 is 1.13 bits per heavy atom. The van der Waals surface area contributed by atoms with Crippen LogP contribution in [0, 0.1) is 0 Å². The first-order valence-corrected chi connectivity index (χ1v) is 7.97. The predicted octanol–water partition coefficient (Wildman–Crippen LogP) is 5.04. The van der Waals surface area contributed by atoms with E-state index in [2.05, 4.69) is 26.1 Å². The van der Waals surface area contributed by atoms with Gasteiger partial charge in [0.25, 0.3) is 5.91 Å². The van der Waals surface area contributed by atoms with Crippen molar-refractivity contribution in [1.82, 2.24) is 0 Å². The summed E-state index contributed by atoms with van der Waals surface area (Å²) < 4.78 is 5.70. The molecule has 0 heterocycles. The molecule has 122 valence electrons. The van der Waals surface area contributed by atoms with Crippen LogP contribution >= 0.6 is 11.6 Å². The van der Waals surface area contributed by atoms with E-state index >= 15 is 0 Å². The van der Waals surface area contributed by atoms with Crippen molar-refractivity contribution in [2.75, 3.05) is 5.32 Å². The molecule has 3 nitrogen and oxygen atoms in total. The molecule has 1 atom stereocenters. The Balaban J connectivity index is 1.98. The molecule has 0 aliphatic heterocycles. The summed E-state index contributed by atoms with van der Waals surface area (Å²) in [6.07, 6.45) is -0.602. The van der Waals surface area contributed by atoms with Crippen LogP contribution in [0.3, 0.4) is 0 Å². The van der Waals surface area contributed by atoms with Crippen molar-refractivity contribution in [1.29, 1.82) is 0 Å². The van der Waals surface area contributed by atoms with E-state index in [4.69, 9.17) is 16.3 Å². The summed E-state index contributed by atoms with van der Waals surface area (Å²) in [6, 6.07) is 14.9. The summed E-state index contributed by atoms with van der Waals surface area (Å²) in [7, 11) is 0. The van der Waals surface area contributed by atoms with E-state index in [9.17, 15) is 4.79 Å². The lowest BCUT2D eigenvalue weighted by molar-refractivity contribution is -0.122. The zero-order valence-electron chi connectivity index (χ0n) is 13.9. The molecular formula is C19H22ClNO2. The summed E-state index contributed by atoms with van der Waals surface area (Å²) in [4.78, 5) is 12.2. The Bertz CT molecular complexity index is 675. The molecule has 1 N–H and O–H groups in total. The molecule has 1 unspecified atom stereocenters. The van der Waals surface area contributed by atoms with Gasteiger partial charge in [-0.3, -0.25) is 4.79 Å². The number of anilines is 1. The Morgan fingerprint density at radius 2 is 1.78 bits per heavy atom. The Morgan fingerprint density at radius 3 is 2.35 bits per heavy atom. The first kappa shape index (κ1) is 17.4. The van der Waals surface area contributed by atoms with Crippen LogP contribution in [0.25, 0.3) is 0 Å². The van der Waals surface area contributed by atoms with Crippen molar-refractivity contribution >= 4 is 23.2 Å². The minimum atomic E-state index is -0.602. The zero-order valence-corrected chi connectivity index (χ0v) is 14.6. The smallest absolute Gasteiger partial charge is 0.265 e. The average molecular weight is 332 g/mol. The maximum absolute atomic E-state index is 12.2. The highest BCUT2D eigenvalue weighted by Crippen LogP contribution is 2.24. The monoisotopic (exact) mass is 331 g/mol. The number of hydrogen-bond acceptors (Lipinski definition) is 2. The lowest BCUT2D eigenvalue weighted by Crippen LogP contribution is -2.30. The van der Waals surface area contributed by atoms with Crippen molar-refractivity contribution in [3.8, 4) is 5.75 Å². The number of carbonyl (C=O) groups excluding carboxylic acids is 1. The molecule has 1 amide bonds. The SMILES string of the molecule is CC(Oc1ccc(C(C)(C)C)cc1)C(=O)Nc1cccc(Cl)c1. The standard InChI is InChI=1S/C19H22ClNO2/c1-13(18(22)21-16-7-5-6-15(20)12-16)23-17-10-8-14(9-11-17)19(2,3)4/h5-13H,1-4H3,(H,21,22). The van der Waals surface area contributed by atoms with Crippen LogP contribution in [0.5, 0.6) is 5.75 Å². The van der Waals surface area contributed by atoms with Gasteiger partial charge in [-0.2, -0.15) is 0 Å². The second-order valence-electron chi connectivity index (χ2n) is 6.53. The Labute approximate surface area is 142 Å². The molecule has 0 radical (unpaired) electrons. The van der Waals surface area contributed by atoms with Crippen LogP contribution in [-0.2, 0) is 10.2 Å². The summed E-state index contributed by atoms with van der Waals surface area (Å²) in [6.45, 7) is 8.19. The molecule has 0 aliphatic carbocycles. The highest BCUT2D eigenvalue weighted by molar-refractivity contribution is 6.30. The van der Waals surface area contributed by atoms with E-state index in [1.807, 2.05) is 24.3 Å². The second-order valence-corrected chi connectivity index (χ2v) is 6.97. The van der Waals surface area contributed by atoms with E-state index in [1.165, 1.54) is 5.56 Å². The van der Waals surface area contributed by atoms with E-state index in [-0.39, 0.29) is 11.3 Å². The number of rotatable bonds is 4. The van der Waals surface area contributed by atoms with Gasteiger partial charge in [0.2, 0.25) is 0 Å². The fourth-order valence-corrected chi connectivity index (χ4v) is 2.29. The highest BCUT2D eigenvalue weighted by atomic mass is 35.5. The molecule has 0 saturated carbocycles. The van der Waals surface area contributed by atoms with Gasteiger partial charge in [0.1, 0.15) is 5.75 Å². The van der Waals surface area contributed by atoms with Gasteiger partial charge in [-0.1, -0.05) is 50.6 Å². The maximum Gasteiger partial charge on any atom is 0.265 e. The van der Waals surface area contributed by atoms with Gasteiger partial charge in [0.05, 0.1) is 0 Å². The number of benzene rings is 2. The van der Waals surface area contributed by atoms with E-state index in [1.54, 1.807) is 31.2 Å². The number of carbonyl (C=O) groups is 1. The third kappa shape index (κ3) is 5.00. The molecule has 0 fully saturated rings. The third-order valence-corrected chi connectivity index (χ3v) is 3.73. The van der Waals surface area contributed by atoms with Crippen LogP contribution in [0.2, 0.25) is 5.02 Å². The molecular weight excluding hydrogens is 310 g/mol. The van der Waals surface area contributed by atoms with Gasteiger partial charge in [-0.05, 0) is 48.2 Å². The molecule has 4 heteroatoms. The lowest BCUT2D eigenvalue weighted by Gasteiger charge is -2.20. The van der Waals surface area contributed by atoms with Crippen LogP contribution in [0.1, 0.15) is 33.3 Å². The van der Waals surface area contributed by atoms with Crippen molar-refractivity contribution in [3.05, 3.63) is 59.1 Å². The first-order chi connectivity index (χ1) is 10.8. The molecule has 0 aliphatic rings. The number of ether oxygens (including phenoxy) is 1. The molecule has 0 aromatic heterocycles. The number of amides is 1. The normalized spacial score (nSPS) is 12.6. The quantitative estimate of drug-likeness (QED) is 0.852. The number of nitrogens with one attached hydrogen (secondary N) is 1. The van der Waals surface area contributed by atoms with Gasteiger partial charge in [0.15, 0.2) is 6.10 Å². The summed E-state index contributed by atoms with van der Waals surface area (Å²) in [5, 5.41) is 3.37. The van der Waals surface area contributed by atoms with Crippen LogP contribution in [0.15, 0.2) is 48.5 Å². The van der Waals surface area contributed by atoms with Crippen molar-refractivity contribution in [3.63, 3.8) is 0 Å². The van der Waals surface area contributed by atoms with E-state index in [0.29, 0.717) is 16.5 Å². The zero-order chi connectivity index (χ0) is 17.0. The van der Waals surface area contributed by atoms with Crippen molar-refractivity contribution in [2.45, 2.75) is 39.2 Å². The van der Waals surface area contributed by atoms with Crippen LogP contribution in [-0.4, -0.2) is 12.0 Å². The minimum absolute atomic E-state index is 0.0914. The Hall–Kier alpha value is -2.00. The third-order valence-electron chi connectivity index (χ3n) is 3.49. The predicted molar refractivity (Wildman–Crippen MR) is 95.3 cm³/mol. The molecule has 0 spiro atoms. The number of hydrogen-bond donors (Lipinski definition) is 1. The van der Waals surface area contributed by atoms with Crippen LogP contribution < -0.4 is 10.1 Å². The molecule has 2 aromatic carbocycles. The van der Waals surface area contributed by atoms with Crippen LogP contribution in [0.4, 0.5) is 5.69 Å². The average Bonchev–Trinajstić information content (AvgIpc) is 2.46. The Kier molecular flexibility index (Phi) is 5.32. The highest BCUT2D eigenvalue weighted by Gasteiger charge is 2.16. The van der Waals surface area contributed by atoms with Gasteiger partial charge in [-0.15, -0.1) is 0 Å². The molecule has 2 rings (SSSR count). The van der Waals surface area contributed by atoms with E-state index in [0.717, 1.165) is 0 Å². The van der Waals surface area contributed by atoms with Crippen molar-refractivity contribution in [2.24, 2.45) is 0 Å². The summed E-state index contributed by atoms with van der Waals surface area (Å²) in [5.74, 6) is 0.457. The number of halogens is 1. The van der Waals surface area contributed by atoms with Gasteiger partial charge in [-0.25, -0.2) is 0 Å². The largest absolute Gasteiger partial charge is 0.481 e. The molecule has 0 saturated heterocycles. The summed E-state index contributed by atoms with van der Waals surface area (Å²) in [5.41, 5.74) is 1.97. The van der Waals surface area contributed by atoms with Gasteiger partial charge in [0, 0.05) is 10.7 Å². The van der Waals surface area contributed by atoms with Gasteiger partial charge < -0.3 is 10.1 Å². The molecule has 23 heavy (non-hydrogen) atoms. The van der Waals surface area contributed by atoms with E-state index < -0.39 is 6.10 Å². The molecule has 0 bridgehead atoms. The first-order valence-electron chi connectivity index (χ1n) is 7.59. The van der Waals surface area contributed by atoms with Crippen molar-refractivity contribution < 1.29 is 9.53 Å². The van der Waals surface area contributed by atoms with Gasteiger partial charge >= 0.3 is 0 Å². The second kappa shape index (κ2) is 7.05. The molecule has 2 aromatic rings. The summed E-state index contributed by atoms with van der Waals surface area (Å²) >= 11 is 5.91. The minimum Gasteiger partial charge on any atom is -0.481 e. The maximum atomic E-state index is 12.2. The topological polar surface area (TPSA) is 38.3 Å². The fourth-order valence-electron chi connectivity index (χ4n) is 2.10.